The summed E-state index contributed by atoms with van der Waals surface area (Å²) in [6.07, 6.45) is 0.280. The van der Waals surface area contributed by atoms with Gasteiger partial charge in [0.2, 0.25) is 5.91 Å². The minimum absolute atomic E-state index is 0.000737. The number of aromatic carboxylic acids is 1. The van der Waals surface area contributed by atoms with E-state index in [0.29, 0.717) is 0 Å². The number of nitrogens with one attached hydrogen (secondary N) is 1. The summed E-state index contributed by atoms with van der Waals surface area (Å²) in [5, 5.41) is 11.6. The first-order chi connectivity index (χ1) is 9.28. The van der Waals surface area contributed by atoms with Crippen LogP contribution < -0.4 is 5.32 Å². The molecule has 1 saturated heterocycles. The number of hydrogen-bond donors (Lipinski definition) is 2. The van der Waals surface area contributed by atoms with Gasteiger partial charge in [0.25, 0.3) is 0 Å². The molecule has 1 aliphatic heterocycles. The van der Waals surface area contributed by atoms with Crippen LogP contribution in [0.2, 0.25) is 0 Å². The number of sulfone groups is 1. The van der Waals surface area contributed by atoms with Gasteiger partial charge in [-0.05, 0) is 25.5 Å². The molecular formula is C13H15NO5S. The lowest BCUT2D eigenvalue weighted by Crippen LogP contribution is -2.24. The minimum atomic E-state index is -3.14. The fourth-order valence-electron chi connectivity index (χ4n) is 2.18. The molecule has 2 N–H and O–H groups in total. The van der Waals surface area contributed by atoms with E-state index in [0.717, 1.165) is 5.56 Å². The lowest BCUT2D eigenvalue weighted by molar-refractivity contribution is -0.119. The van der Waals surface area contributed by atoms with E-state index in [1.807, 2.05) is 0 Å². The van der Waals surface area contributed by atoms with Crippen LogP contribution in [0.15, 0.2) is 18.2 Å². The van der Waals surface area contributed by atoms with Gasteiger partial charge in [-0.1, -0.05) is 11.6 Å². The van der Waals surface area contributed by atoms with Gasteiger partial charge < -0.3 is 10.4 Å². The highest BCUT2D eigenvalue weighted by molar-refractivity contribution is 7.91. The van der Waals surface area contributed by atoms with Crippen molar-refractivity contribution in [3.8, 4) is 0 Å². The predicted octanol–water partition coefficient (Wildman–Crippen LogP) is 1.07. The van der Waals surface area contributed by atoms with Crippen LogP contribution in [0.5, 0.6) is 0 Å². The summed E-state index contributed by atoms with van der Waals surface area (Å²) in [4.78, 5) is 23.1. The van der Waals surface area contributed by atoms with Crippen molar-refractivity contribution in [2.24, 2.45) is 5.92 Å². The highest BCUT2D eigenvalue weighted by Crippen LogP contribution is 2.22. The first-order valence-electron chi connectivity index (χ1n) is 6.14. The summed E-state index contributed by atoms with van der Waals surface area (Å²) in [5.74, 6) is -2.36. The zero-order valence-electron chi connectivity index (χ0n) is 10.9. The van der Waals surface area contributed by atoms with Crippen molar-refractivity contribution >= 4 is 27.4 Å². The van der Waals surface area contributed by atoms with Gasteiger partial charge in [-0.25, -0.2) is 13.2 Å². The Hall–Kier alpha value is -1.89. The Labute approximate surface area is 116 Å². The highest BCUT2D eigenvalue weighted by Gasteiger charge is 2.33. The van der Waals surface area contributed by atoms with Crippen molar-refractivity contribution in [1.82, 2.24) is 0 Å². The molecule has 20 heavy (non-hydrogen) atoms. The zero-order chi connectivity index (χ0) is 14.9. The first-order valence-corrected chi connectivity index (χ1v) is 7.96. The van der Waals surface area contributed by atoms with Crippen LogP contribution in [-0.4, -0.2) is 36.9 Å². The van der Waals surface area contributed by atoms with E-state index in [-0.39, 0.29) is 29.2 Å². The molecule has 1 amide bonds. The lowest BCUT2D eigenvalue weighted by atomic mass is 10.1. The number of carboxylic acids is 1. The van der Waals surface area contributed by atoms with E-state index >= 15 is 0 Å². The molecule has 1 aromatic rings. The fourth-order valence-corrected chi connectivity index (χ4v) is 3.92. The topological polar surface area (TPSA) is 101 Å². The van der Waals surface area contributed by atoms with Gasteiger partial charge in [0, 0.05) is 0 Å². The number of amides is 1. The van der Waals surface area contributed by atoms with Crippen LogP contribution in [0, 0.1) is 12.8 Å². The van der Waals surface area contributed by atoms with Crippen molar-refractivity contribution in [2.45, 2.75) is 13.3 Å². The van der Waals surface area contributed by atoms with Gasteiger partial charge in [0.05, 0.1) is 28.7 Å². The molecule has 1 fully saturated rings. The molecule has 7 heteroatoms. The third kappa shape index (κ3) is 3.16. The molecule has 6 nitrogen and oxygen atoms in total. The third-order valence-corrected chi connectivity index (χ3v) is 5.03. The molecule has 0 aliphatic carbocycles. The van der Waals surface area contributed by atoms with Gasteiger partial charge in [0.1, 0.15) is 0 Å². The molecule has 0 bridgehead atoms. The van der Waals surface area contributed by atoms with E-state index in [4.69, 9.17) is 5.11 Å². The Morgan fingerprint density at radius 3 is 2.60 bits per heavy atom. The average molecular weight is 297 g/mol. The Balaban J connectivity index is 2.18. The van der Waals surface area contributed by atoms with E-state index in [1.54, 1.807) is 13.0 Å². The van der Waals surface area contributed by atoms with Crippen LogP contribution in [0.4, 0.5) is 5.69 Å². The van der Waals surface area contributed by atoms with Gasteiger partial charge >= 0.3 is 5.97 Å². The Morgan fingerprint density at radius 2 is 2.05 bits per heavy atom. The van der Waals surface area contributed by atoms with Crippen LogP contribution in [0.3, 0.4) is 0 Å². The van der Waals surface area contributed by atoms with Crippen molar-refractivity contribution in [3.63, 3.8) is 0 Å². The number of anilines is 1. The number of hydrogen-bond acceptors (Lipinski definition) is 4. The minimum Gasteiger partial charge on any atom is -0.478 e. The molecule has 0 aromatic heterocycles. The van der Waals surface area contributed by atoms with Crippen LogP contribution >= 0.6 is 0 Å². The smallest absolute Gasteiger partial charge is 0.337 e. The molecule has 0 saturated carbocycles. The largest absolute Gasteiger partial charge is 0.478 e. The van der Waals surface area contributed by atoms with E-state index in [1.165, 1.54) is 12.1 Å². The molecule has 1 aromatic carbocycles. The second kappa shape index (κ2) is 5.24. The summed E-state index contributed by atoms with van der Waals surface area (Å²) < 4.78 is 22.7. The molecule has 1 heterocycles. The predicted molar refractivity (Wildman–Crippen MR) is 73.5 cm³/mol. The van der Waals surface area contributed by atoms with Crippen LogP contribution in [0.25, 0.3) is 0 Å². The molecule has 1 atom stereocenters. The maximum atomic E-state index is 12.0. The fraction of sp³-hybridized carbons (Fsp3) is 0.385. The monoisotopic (exact) mass is 297 g/mol. The summed E-state index contributed by atoms with van der Waals surface area (Å²) in [6.45, 7) is 1.75. The van der Waals surface area contributed by atoms with Crippen molar-refractivity contribution in [2.75, 3.05) is 16.8 Å². The summed E-state index contributed by atoms with van der Waals surface area (Å²) >= 11 is 0. The standard InChI is InChI=1S/C13H15NO5S/c1-8-2-3-11(10(6-8)13(16)17)14-12(15)9-4-5-20(18,19)7-9/h2-3,6,9H,4-5,7H2,1H3,(H,14,15)(H,16,17). The highest BCUT2D eigenvalue weighted by atomic mass is 32.2. The van der Waals surface area contributed by atoms with Gasteiger partial charge in [-0.3, -0.25) is 4.79 Å². The number of benzene rings is 1. The Morgan fingerprint density at radius 1 is 1.35 bits per heavy atom. The quantitative estimate of drug-likeness (QED) is 0.869. The number of carboxylic acid groups (broad SMARTS) is 1. The number of aryl methyl sites for hydroxylation is 1. The SMILES string of the molecule is Cc1ccc(NC(=O)C2CCS(=O)(=O)C2)c(C(=O)O)c1. The maximum Gasteiger partial charge on any atom is 0.337 e. The lowest BCUT2D eigenvalue weighted by Gasteiger charge is -2.12. The molecule has 108 valence electrons. The van der Waals surface area contributed by atoms with Gasteiger partial charge in [0.15, 0.2) is 9.84 Å². The van der Waals surface area contributed by atoms with Gasteiger partial charge in [-0.2, -0.15) is 0 Å². The summed E-state index contributed by atoms with van der Waals surface area (Å²) in [7, 11) is -3.14. The Bertz CT molecular complexity index is 665. The number of rotatable bonds is 3. The Kier molecular flexibility index (Phi) is 3.80. The maximum absolute atomic E-state index is 12.0. The number of carbonyl (C=O) groups excluding carboxylic acids is 1. The molecule has 1 aliphatic rings. The second-order valence-electron chi connectivity index (χ2n) is 4.94. The first kappa shape index (κ1) is 14.5. The average Bonchev–Trinajstić information content (AvgIpc) is 2.71. The molecule has 2 rings (SSSR count). The zero-order valence-corrected chi connectivity index (χ0v) is 11.7. The summed E-state index contributed by atoms with van der Waals surface area (Å²) in [6, 6.07) is 4.66. The van der Waals surface area contributed by atoms with Crippen LogP contribution in [0.1, 0.15) is 22.3 Å². The molecular weight excluding hydrogens is 282 g/mol. The van der Waals surface area contributed by atoms with Crippen molar-refractivity contribution in [3.05, 3.63) is 29.3 Å². The number of carbonyl (C=O) groups is 2. The summed E-state index contributed by atoms with van der Waals surface area (Å²) in [5.41, 5.74) is 0.959. The van der Waals surface area contributed by atoms with Crippen molar-refractivity contribution in [1.29, 1.82) is 0 Å². The van der Waals surface area contributed by atoms with E-state index in [2.05, 4.69) is 5.32 Å². The molecule has 1 unspecified atom stereocenters. The normalized spacial score (nSPS) is 20.6. The van der Waals surface area contributed by atoms with E-state index in [9.17, 15) is 18.0 Å². The molecule has 0 spiro atoms. The molecule has 0 radical (unpaired) electrons. The van der Waals surface area contributed by atoms with Gasteiger partial charge in [-0.15, -0.1) is 0 Å². The van der Waals surface area contributed by atoms with Crippen LogP contribution in [-0.2, 0) is 14.6 Å². The third-order valence-electron chi connectivity index (χ3n) is 3.27. The van der Waals surface area contributed by atoms with E-state index < -0.39 is 27.6 Å². The van der Waals surface area contributed by atoms with Crippen molar-refractivity contribution < 1.29 is 23.1 Å². The second-order valence-corrected chi connectivity index (χ2v) is 7.17.